The van der Waals surface area contributed by atoms with Crippen LogP contribution in [0.15, 0.2) is 28.1 Å². The lowest BCUT2D eigenvalue weighted by Gasteiger charge is -2.13. The Balaban J connectivity index is 0.00000441. The van der Waals surface area contributed by atoms with Crippen LogP contribution in [0.3, 0.4) is 0 Å². The number of rotatable bonds is 6. The van der Waals surface area contributed by atoms with Crippen molar-refractivity contribution in [3.8, 4) is 0 Å². The van der Waals surface area contributed by atoms with E-state index in [-0.39, 0.29) is 30.0 Å². The molecule has 0 amide bonds. The molecule has 1 aromatic rings. The van der Waals surface area contributed by atoms with Crippen LogP contribution in [0, 0.1) is 6.92 Å². The molecule has 0 radical (unpaired) electrons. The molecule has 6 nitrogen and oxygen atoms in total. The summed E-state index contributed by atoms with van der Waals surface area (Å²) in [5.41, 5.74) is 7.40. The Morgan fingerprint density at radius 3 is 2.59 bits per heavy atom. The molecule has 1 rings (SSSR count). The van der Waals surface area contributed by atoms with Gasteiger partial charge < -0.3 is 15.8 Å². The zero-order valence-corrected chi connectivity index (χ0v) is 16.4. The Hall–Kier alpha value is -0.870. The van der Waals surface area contributed by atoms with Crippen molar-refractivity contribution in [1.29, 1.82) is 0 Å². The maximum Gasteiger partial charge on any atom is 0.189 e. The zero-order valence-electron chi connectivity index (χ0n) is 13.3. The van der Waals surface area contributed by atoms with Crippen molar-refractivity contribution in [2.45, 2.75) is 31.3 Å². The molecule has 1 atom stereocenters. The first-order valence-corrected chi connectivity index (χ1v) is 8.48. The normalized spacial score (nSPS) is 13.4. The van der Waals surface area contributed by atoms with Crippen LogP contribution in [0.5, 0.6) is 0 Å². The van der Waals surface area contributed by atoms with Crippen LogP contribution in [0.25, 0.3) is 0 Å². The fourth-order valence-electron chi connectivity index (χ4n) is 1.99. The molecule has 0 saturated heterocycles. The number of methoxy groups -OCH3 is 1. The van der Waals surface area contributed by atoms with E-state index in [0.29, 0.717) is 29.6 Å². The molecular weight excluding hydrogens is 417 g/mol. The average Bonchev–Trinajstić information content (AvgIpc) is 2.35. The van der Waals surface area contributed by atoms with Gasteiger partial charge in [-0.3, -0.25) is 0 Å². The van der Waals surface area contributed by atoms with Crippen LogP contribution in [0.1, 0.15) is 18.1 Å². The van der Waals surface area contributed by atoms with E-state index in [4.69, 9.17) is 10.5 Å². The van der Waals surface area contributed by atoms with Gasteiger partial charge in [0.15, 0.2) is 15.8 Å². The summed E-state index contributed by atoms with van der Waals surface area (Å²) in [4.78, 5) is 4.57. The van der Waals surface area contributed by atoms with E-state index in [2.05, 4.69) is 10.3 Å². The summed E-state index contributed by atoms with van der Waals surface area (Å²) in [5, 5.41) is 3.01. The first kappa shape index (κ1) is 21.1. The second-order valence-electron chi connectivity index (χ2n) is 5.07. The summed E-state index contributed by atoms with van der Waals surface area (Å²) in [6, 6.07) is 5.24. The van der Waals surface area contributed by atoms with Crippen LogP contribution >= 0.6 is 24.0 Å². The van der Waals surface area contributed by atoms with Crippen molar-refractivity contribution in [3.05, 3.63) is 29.3 Å². The van der Waals surface area contributed by atoms with Crippen molar-refractivity contribution in [3.63, 3.8) is 0 Å². The van der Waals surface area contributed by atoms with Crippen LogP contribution in [0.2, 0.25) is 0 Å². The van der Waals surface area contributed by atoms with Gasteiger partial charge in [0, 0.05) is 19.4 Å². The van der Waals surface area contributed by atoms with Crippen molar-refractivity contribution < 1.29 is 13.2 Å². The highest BCUT2D eigenvalue weighted by molar-refractivity contribution is 14.0. The second-order valence-corrected chi connectivity index (χ2v) is 7.06. The largest absolute Gasteiger partial charge is 0.383 e. The molecule has 0 saturated carbocycles. The number of aryl methyl sites for hydroxylation is 1. The van der Waals surface area contributed by atoms with Gasteiger partial charge in [0.1, 0.15) is 0 Å². The number of sulfone groups is 1. The lowest BCUT2D eigenvalue weighted by molar-refractivity contribution is 0.179. The number of halogens is 1. The fourth-order valence-corrected chi connectivity index (χ4v) is 2.95. The van der Waals surface area contributed by atoms with Gasteiger partial charge in [-0.15, -0.1) is 24.0 Å². The van der Waals surface area contributed by atoms with E-state index >= 15 is 0 Å². The number of guanidine groups is 1. The minimum absolute atomic E-state index is 0. The molecule has 126 valence electrons. The van der Waals surface area contributed by atoms with Crippen LogP contribution in [0.4, 0.5) is 0 Å². The first-order chi connectivity index (χ1) is 9.74. The molecule has 0 bridgehead atoms. The molecule has 0 heterocycles. The molecular formula is C14H24IN3O3S. The van der Waals surface area contributed by atoms with E-state index in [1.807, 2.05) is 13.0 Å². The monoisotopic (exact) mass is 441 g/mol. The van der Waals surface area contributed by atoms with Crippen molar-refractivity contribution in [2.24, 2.45) is 10.7 Å². The summed E-state index contributed by atoms with van der Waals surface area (Å²) in [6.07, 6.45) is 1.20. The van der Waals surface area contributed by atoms with E-state index in [1.165, 1.54) is 6.26 Å². The zero-order chi connectivity index (χ0) is 16.0. The molecule has 0 aliphatic heterocycles. The Morgan fingerprint density at radius 2 is 2.09 bits per heavy atom. The molecule has 1 aromatic carbocycles. The Kier molecular flexibility index (Phi) is 8.94. The molecule has 1 unspecified atom stereocenters. The maximum atomic E-state index is 11.5. The minimum Gasteiger partial charge on any atom is -0.383 e. The van der Waals surface area contributed by atoms with E-state index in [9.17, 15) is 8.42 Å². The number of nitrogens with zero attached hydrogens (tertiary/aromatic N) is 1. The number of nitrogens with one attached hydrogen (secondary N) is 1. The lowest BCUT2D eigenvalue weighted by Crippen LogP contribution is -2.40. The summed E-state index contributed by atoms with van der Waals surface area (Å²) in [6.45, 7) is 4.64. The SMILES string of the molecule is COCC(C)NC(N)=NCc1ccc(S(C)(=O)=O)c(C)c1.I. The molecule has 8 heteroatoms. The standard InChI is InChI=1S/C14H23N3O3S.HI/c1-10-7-12(5-6-13(10)21(4,18)19)8-16-14(15)17-11(2)9-20-3;/h5-7,11H,8-9H2,1-4H3,(H3,15,16,17);1H. The number of nitrogens with two attached hydrogens (primary N) is 1. The number of aliphatic imine (C=N–C) groups is 1. The molecule has 0 aromatic heterocycles. The van der Waals surface area contributed by atoms with Gasteiger partial charge in [-0.2, -0.15) is 0 Å². The Labute approximate surface area is 149 Å². The third kappa shape index (κ3) is 6.93. The second kappa shape index (κ2) is 9.31. The van der Waals surface area contributed by atoms with Gasteiger partial charge in [-0.1, -0.05) is 12.1 Å². The smallest absolute Gasteiger partial charge is 0.189 e. The summed E-state index contributed by atoms with van der Waals surface area (Å²) < 4.78 is 28.1. The van der Waals surface area contributed by atoms with Crippen molar-refractivity contribution in [2.75, 3.05) is 20.0 Å². The van der Waals surface area contributed by atoms with E-state index in [0.717, 1.165) is 5.56 Å². The topological polar surface area (TPSA) is 93.8 Å². The van der Waals surface area contributed by atoms with Gasteiger partial charge in [-0.05, 0) is 31.0 Å². The highest BCUT2D eigenvalue weighted by atomic mass is 127. The molecule has 22 heavy (non-hydrogen) atoms. The minimum atomic E-state index is -3.19. The maximum absolute atomic E-state index is 11.5. The molecule has 0 aliphatic rings. The highest BCUT2D eigenvalue weighted by Gasteiger charge is 2.10. The van der Waals surface area contributed by atoms with E-state index in [1.54, 1.807) is 26.2 Å². The Bertz CT molecular complexity index is 618. The number of hydrogen-bond donors (Lipinski definition) is 2. The van der Waals surface area contributed by atoms with Crippen LogP contribution < -0.4 is 11.1 Å². The third-order valence-electron chi connectivity index (χ3n) is 2.88. The highest BCUT2D eigenvalue weighted by Crippen LogP contribution is 2.17. The quantitative estimate of drug-likeness (QED) is 0.396. The predicted molar refractivity (Wildman–Crippen MR) is 99.5 cm³/mol. The van der Waals surface area contributed by atoms with Gasteiger partial charge in [0.05, 0.1) is 18.0 Å². The van der Waals surface area contributed by atoms with Crippen molar-refractivity contribution >= 4 is 39.8 Å². The fraction of sp³-hybridized carbons (Fsp3) is 0.500. The molecule has 0 fully saturated rings. The van der Waals surface area contributed by atoms with E-state index < -0.39 is 9.84 Å². The average molecular weight is 441 g/mol. The van der Waals surface area contributed by atoms with Crippen LogP contribution in [-0.4, -0.2) is 40.4 Å². The number of hydrogen-bond acceptors (Lipinski definition) is 4. The molecule has 3 N–H and O–H groups in total. The third-order valence-corrected chi connectivity index (χ3v) is 4.14. The van der Waals surface area contributed by atoms with Gasteiger partial charge in [0.25, 0.3) is 0 Å². The van der Waals surface area contributed by atoms with Gasteiger partial charge in [0.2, 0.25) is 0 Å². The lowest BCUT2D eigenvalue weighted by atomic mass is 10.1. The Morgan fingerprint density at radius 1 is 1.45 bits per heavy atom. The van der Waals surface area contributed by atoms with Gasteiger partial charge in [-0.25, -0.2) is 13.4 Å². The number of ether oxygens (including phenoxy) is 1. The molecule has 0 spiro atoms. The summed E-state index contributed by atoms with van der Waals surface area (Å²) >= 11 is 0. The van der Waals surface area contributed by atoms with Crippen molar-refractivity contribution in [1.82, 2.24) is 5.32 Å². The summed E-state index contributed by atoms with van der Waals surface area (Å²) in [5.74, 6) is 0.337. The first-order valence-electron chi connectivity index (χ1n) is 6.59. The summed E-state index contributed by atoms with van der Waals surface area (Å²) in [7, 11) is -1.57. The number of benzene rings is 1. The molecule has 0 aliphatic carbocycles. The van der Waals surface area contributed by atoms with Crippen LogP contribution in [-0.2, 0) is 21.1 Å². The van der Waals surface area contributed by atoms with Gasteiger partial charge >= 0.3 is 0 Å². The predicted octanol–water partition coefficient (Wildman–Crippen LogP) is 1.46.